The first kappa shape index (κ1) is 19.5. The molecule has 3 rings (SSSR count). The minimum absolute atomic E-state index is 0.0606. The predicted molar refractivity (Wildman–Crippen MR) is 108 cm³/mol. The molecule has 1 aliphatic heterocycles. The van der Waals surface area contributed by atoms with Gasteiger partial charge in [0.2, 0.25) is 5.91 Å². The van der Waals surface area contributed by atoms with Crippen molar-refractivity contribution >= 4 is 23.2 Å². The summed E-state index contributed by atoms with van der Waals surface area (Å²) in [4.78, 5) is 14.5. The van der Waals surface area contributed by atoms with Gasteiger partial charge in [-0.05, 0) is 62.2 Å². The van der Waals surface area contributed by atoms with Crippen molar-refractivity contribution in [2.24, 2.45) is 5.92 Å². The SMILES string of the molecule is COc1ccc(Cl)cc1NC(=O)CN1CCC(COc2ccccc2)CC1. The Labute approximate surface area is 165 Å². The van der Waals surface area contributed by atoms with E-state index in [2.05, 4.69) is 10.2 Å². The minimum atomic E-state index is -0.0606. The lowest BCUT2D eigenvalue weighted by Crippen LogP contribution is -2.40. The van der Waals surface area contributed by atoms with Crippen LogP contribution in [0.3, 0.4) is 0 Å². The van der Waals surface area contributed by atoms with Gasteiger partial charge in [0.1, 0.15) is 11.5 Å². The minimum Gasteiger partial charge on any atom is -0.495 e. The summed E-state index contributed by atoms with van der Waals surface area (Å²) in [5, 5.41) is 3.45. The molecule has 5 nitrogen and oxygen atoms in total. The van der Waals surface area contributed by atoms with Gasteiger partial charge in [-0.1, -0.05) is 29.8 Å². The molecular formula is C21H25ClN2O3. The van der Waals surface area contributed by atoms with Gasteiger partial charge in [-0.15, -0.1) is 0 Å². The van der Waals surface area contributed by atoms with Crippen LogP contribution in [0.2, 0.25) is 5.02 Å². The second kappa shape index (κ2) is 9.62. The summed E-state index contributed by atoms with van der Waals surface area (Å²) in [5.41, 5.74) is 0.598. The van der Waals surface area contributed by atoms with Gasteiger partial charge in [0.05, 0.1) is 25.9 Å². The molecule has 0 aromatic heterocycles. The number of amides is 1. The molecule has 0 atom stereocenters. The van der Waals surface area contributed by atoms with Crippen LogP contribution in [-0.4, -0.2) is 44.2 Å². The van der Waals surface area contributed by atoms with Gasteiger partial charge in [0, 0.05) is 5.02 Å². The first-order chi connectivity index (χ1) is 13.1. The summed E-state index contributed by atoms with van der Waals surface area (Å²) in [6.45, 7) is 2.87. The molecule has 0 unspecified atom stereocenters. The number of hydrogen-bond donors (Lipinski definition) is 1. The predicted octanol–water partition coefficient (Wildman–Crippen LogP) is 4.08. The lowest BCUT2D eigenvalue weighted by molar-refractivity contribution is -0.117. The van der Waals surface area contributed by atoms with Crippen LogP contribution in [0.5, 0.6) is 11.5 Å². The van der Waals surface area contributed by atoms with E-state index in [1.54, 1.807) is 25.3 Å². The zero-order valence-electron chi connectivity index (χ0n) is 15.5. The number of benzene rings is 2. The maximum Gasteiger partial charge on any atom is 0.238 e. The van der Waals surface area contributed by atoms with Crippen molar-refractivity contribution in [3.8, 4) is 11.5 Å². The smallest absolute Gasteiger partial charge is 0.238 e. The van der Waals surface area contributed by atoms with Gasteiger partial charge in [-0.3, -0.25) is 9.69 Å². The Balaban J connectivity index is 1.42. The van der Waals surface area contributed by atoms with Crippen molar-refractivity contribution in [3.63, 3.8) is 0 Å². The molecule has 0 saturated carbocycles. The fourth-order valence-electron chi connectivity index (χ4n) is 3.21. The van der Waals surface area contributed by atoms with E-state index in [1.807, 2.05) is 30.3 Å². The van der Waals surface area contributed by atoms with Crippen molar-refractivity contribution < 1.29 is 14.3 Å². The fraction of sp³-hybridized carbons (Fsp3) is 0.381. The van der Waals surface area contributed by atoms with Crippen LogP contribution >= 0.6 is 11.6 Å². The molecule has 0 spiro atoms. The molecule has 2 aromatic rings. The lowest BCUT2D eigenvalue weighted by atomic mass is 9.98. The van der Waals surface area contributed by atoms with Crippen LogP contribution in [0.15, 0.2) is 48.5 Å². The Hall–Kier alpha value is -2.24. The average molecular weight is 389 g/mol. The molecule has 1 heterocycles. The van der Waals surface area contributed by atoms with Gasteiger partial charge >= 0.3 is 0 Å². The summed E-state index contributed by atoms with van der Waals surface area (Å²) >= 11 is 6.01. The zero-order valence-corrected chi connectivity index (χ0v) is 16.2. The standard InChI is InChI=1S/C21H25ClN2O3/c1-26-20-8-7-17(22)13-19(20)23-21(25)14-24-11-9-16(10-12-24)15-27-18-5-3-2-4-6-18/h2-8,13,16H,9-12,14-15H2,1H3,(H,23,25). The quantitative estimate of drug-likeness (QED) is 0.776. The Kier molecular flexibility index (Phi) is 6.96. The normalized spacial score (nSPS) is 15.3. The fourth-order valence-corrected chi connectivity index (χ4v) is 3.38. The number of rotatable bonds is 7. The molecule has 1 amide bonds. The summed E-state index contributed by atoms with van der Waals surface area (Å²) in [6.07, 6.45) is 2.06. The molecule has 0 aliphatic carbocycles. The van der Waals surface area contributed by atoms with Crippen molar-refractivity contribution in [1.82, 2.24) is 4.90 Å². The number of piperidine rings is 1. The van der Waals surface area contributed by atoms with Gasteiger partial charge in [0.25, 0.3) is 0 Å². The number of para-hydroxylation sites is 1. The Bertz CT molecular complexity index is 746. The molecule has 1 aliphatic rings. The highest BCUT2D eigenvalue weighted by Gasteiger charge is 2.21. The van der Waals surface area contributed by atoms with Crippen molar-refractivity contribution in [2.75, 3.05) is 38.7 Å². The highest BCUT2D eigenvalue weighted by molar-refractivity contribution is 6.31. The Morgan fingerprint density at radius 3 is 2.63 bits per heavy atom. The molecule has 0 radical (unpaired) electrons. The molecule has 1 fully saturated rings. The number of nitrogens with one attached hydrogen (secondary N) is 1. The number of methoxy groups -OCH3 is 1. The average Bonchev–Trinajstić information content (AvgIpc) is 2.68. The van der Waals surface area contributed by atoms with Crippen molar-refractivity contribution in [1.29, 1.82) is 0 Å². The number of anilines is 1. The molecule has 27 heavy (non-hydrogen) atoms. The van der Waals surface area contributed by atoms with Crippen molar-refractivity contribution in [2.45, 2.75) is 12.8 Å². The summed E-state index contributed by atoms with van der Waals surface area (Å²) in [7, 11) is 1.57. The molecule has 6 heteroatoms. The molecule has 1 N–H and O–H groups in total. The van der Waals surface area contributed by atoms with Crippen LogP contribution < -0.4 is 14.8 Å². The van der Waals surface area contributed by atoms with E-state index in [0.717, 1.165) is 38.3 Å². The van der Waals surface area contributed by atoms with Crippen LogP contribution in [0.4, 0.5) is 5.69 Å². The van der Waals surface area contributed by atoms with Crippen LogP contribution in [0, 0.1) is 5.92 Å². The van der Waals surface area contributed by atoms with E-state index in [9.17, 15) is 4.79 Å². The van der Waals surface area contributed by atoms with E-state index in [1.165, 1.54) is 0 Å². The van der Waals surface area contributed by atoms with Gasteiger partial charge < -0.3 is 14.8 Å². The number of carbonyl (C=O) groups is 1. The molecule has 2 aromatic carbocycles. The highest BCUT2D eigenvalue weighted by Crippen LogP contribution is 2.27. The first-order valence-corrected chi connectivity index (χ1v) is 9.55. The maximum absolute atomic E-state index is 12.4. The molecule has 1 saturated heterocycles. The third kappa shape index (κ3) is 5.88. The molecular weight excluding hydrogens is 364 g/mol. The summed E-state index contributed by atoms with van der Waals surface area (Å²) < 4.78 is 11.1. The van der Waals surface area contributed by atoms with E-state index >= 15 is 0 Å². The number of halogens is 1. The van der Waals surface area contributed by atoms with Crippen LogP contribution in [0.25, 0.3) is 0 Å². The lowest BCUT2D eigenvalue weighted by Gasteiger charge is -2.31. The largest absolute Gasteiger partial charge is 0.495 e. The van der Waals surface area contributed by atoms with Gasteiger partial charge in [-0.25, -0.2) is 0 Å². The zero-order chi connectivity index (χ0) is 19.1. The van der Waals surface area contributed by atoms with Gasteiger partial charge in [-0.2, -0.15) is 0 Å². The summed E-state index contributed by atoms with van der Waals surface area (Å²) in [6, 6.07) is 15.1. The highest BCUT2D eigenvalue weighted by atomic mass is 35.5. The van der Waals surface area contributed by atoms with Gasteiger partial charge in [0.15, 0.2) is 0 Å². The number of carbonyl (C=O) groups excluding carboxylic acids is 1. The van der Waals surface area contributed by atoms with E-state index < -0.39 is 0 Å². The number of likely N-dealkylation sites (tertiary alicyclic amines) is 1. The summed E-state index contributed by atoms with van der Waals surface area (Å²) in [5.74, 6) is 1.98. The van der Waals surface area contributed by atoms with E-state index in [0.29, 0.717) is 28.9 Å². The molecule has 144 valence electrons. The van der Waals surface area contributed by atoms with E-state index in [-0.39, 0.29) is 5.91 Å². The number of nitrogens with zero attached hydrogens (tertiary/aromatic N) is 1. The number of ether oxygens (including phenoxy) is 2. The molecule has 0 bridgehead atoms. The first-order valence-electron chi connectivity index (χ1n) is 9.17. The third-order valence-electron chi connectivity index (χ3n) is 4.74. The second-order valence-electron chi connectivity index (χ2n) is 6.74. The van der Waals surface area contributed by atoms with E-state index in [4.69, 9.17) is 21.1 Å². The van der Waals surface area contributed by atoms with Crippen LogP contribution in [-0.2, 0) is 4.79 Å². The van der Waals surface area contributed by atoms with Crippen LogP contribution in [0.1, 0.15) is 12.8 Å². The number of hydrogen-bond acceptors (Lipinski definition) is 4. The Morgan fingerprint density at radius 1 is 1.19 bits per heavy atom. The monoisotopic (exact) mass is 388 g/mol. The second-order valence-corrected chi connectivity index (χ2v) is 7.17. The topological polar surface area (TPSA) is 50.8 Å². The van der Waals surface area contributed by atoms with Crippen molar-refractivity contribution in [3.05, 3.63) is 53.6 Å². The third-order valence-corrected chi connectivity index (χ3v) is 4.97. The Morgan fingerprint density at radius 2 is 1.93 bits per heavy atom. The maximum atomic E-state index is 12.4.